The summed E-state index contributed by atoms with van der Waals surface area (Å²) < 4.78 is 15.7. The van der Waals surface area contributed by atoms with Gasteiger partial charge < -0.3 is 0 Å². The fourth-order valence-electron chi connectivity index (χ4n) is 5.78. The van der Waals surface area contributed by atoms with Gasteiger partial charge in [0.05, 0.1) is 0 Å². The Morgan fingerprint density at radius 1 is 1.00 bits per heavy atom. The SMILES string of the molecule is O=C1c2ccccc2[Se](=O)N1C12CC3CC(CC(C3)C1)C2. The van der Waals surface area contributed by atoms with Crippen LogP contribution in [0.1, 0.15) is 48.9 Å². The predicted molar refractivity (Wildman–Crippen MR) is 79.6 cm³/mol. The van der Waals surface area contributed by atoms with Crippen molar-refractivity contribution in [2.24, 2.45) is 17.8 Å². The molecule has 4 bridgehead atoms. The first-order chi connectivity index (χ1) is 10.2. The molecule has 0 saturated heterocycles. The van der Waals surface area contributed by atoms with Gasteiger partial charge in [0.25, 0.3) is 0 Å². The van der Waals surface area contributed by atoms with E-state index in [1.807, 2.05) is 28.2 Å². The maximum atomic E-state index is 13.0. The van der Waals surface area contributed by atoms with Crippen molar-refractivity contribution in [3.05, 3.63) is 29.8 Å². The molecule has 21 heavy (non-hydrogen) atoms. The quantitative estimate of drug-likeness (QED) is 0.730. The van der Waals surface area contributed by atoms with Crippen LogP contribution in [-0.4, -0.2) is 29.4 Å². The maximum absolute atomic E-state index is 13.0. The first-order valence-corrected chi connectivity index (χ1v) is 10.3. The molecule has 1 amide bonds. The number of nitrogens with zero attached hydrogens (tertiary/aromatic N) is 1. The Morgan fingerprint density at radius 3 is 2.14 bits per heavy atom. The van der Waals surface area contributed by atoms with Gasteiger partial charge in [-0.15, -0.1) is 0 Å². The van der Waals surface area contributed by atoms with Gasteiger partial charge in [-0.3, -0.25) is 0 Å². The zero-order chi connectivity index (χ0) is 14.2. The zero-order valence-corrected chi connectivity index (χ0v) is 13.7. The van der Waals surface area contributed by atoms with Crippen LogP contribution < -0.4 is 4.46 Å². The Kier molecular flexibility index (Phi) is 2.42. The van der Waals surface area contributed by atoms with Crippen molar-refractivity contribution in [3.8, 4) is 0 Å². The van der Waals surface area contributed by atoms with Gasteiger partial charge in [-0.05, 0) is 0 Å². The van der Waals surface area contributed by atoms with Crippen LogP contribution in [0.3, 0.4) is 0 Å². The van der Waals surface area contributed by atoms with E-state index >= 15 is 0 Å². The molecule has 0 spiro atoms. The Hall–Kier alpha value is -0.991. The van der Waals surface area contributed by atoms with Crippen molar-refractivity contribution < 1.29 is 8.63 Å². The molecular formula is C17H19NO2Se. The second kappa shape index (κ2) is 4.05. The van der Waals surface area contributed by atoms with Crippen LogP contribution in [0.25, 0.3) is 0 Å². The van der Waals surface area contributed by atoms with Crippen LogP contribution in [0.2, 0.25) is 0 Å². The monoisotopic (exact) mass is 349 g/mol. The Labute approximate surface area is 129 Å². The third-order valence-corrected chi connectivity index (χ3v) is 9.49. The standard InChI is InChI=1S/C17H19NO2Se/c19-16-14-3-1-2-4-15(14)21(20)18(16)17-8-11-5-12(9-17)7-13(6-11)10-17/h1-4,11-13H,5-10H2. The Morgan fingerprint density at radius 2 is 1.57 bits per heavy atom. The zero-order valence-electron chi connectivity index (χ0n) is 12.0. The summed E-state index contributed by atoms with van der Waals surface area (Å²) in [6, 6.07) is 7.54. The van der Waals surface area contributed by atoms with Crippen LogP contribution in [0.15, 0.2) is 24.3 Å². The van der Waals surface area contributed by atoms with Crippen molar-refractivity contribution >= 4 is 24.4 Å². The van der Waals surface area contributed by atoms with Gasteiger partial charge in [-0.25, -0.2) is 0 Å². The molecule has 0 aromatic heterocycles. The van der Waals surface area contributed by atoms with Crippen LogP contribution in [0.5, 0.6) is 0 Å². The van der Waals surface area contributed by atoms with Crippen molar-refractivity contribution in [2.45, 2.75) is 44.1 Å². The summed E-state index contributed by atoms with van der Waals surface area (Å²) in [7, 11) is 0. The van der Waals surface area contributed by atoms with Crippen molar-refractivity contribution in [3.63, 3.8) is 0 Å². The van der Waals surface area contributed by atoms with Crippen molar-refractivity contribution in [2.75, 3.05) is 0 Å². The summed E-state index contributed by atoms with van der Waals surface area (Å²) in [4.78, 5) is 12.9. The molecule has 1 atom stereocenters. The molecule has 4 aliphatic carbocycles. The topological polar surface area (TPSA) is 37.4 Å². The van der Waals surface area contributed by atoms with Crippen LogP contribution >= 0.6 is 0 Å². The number of hydrogen-bond acceptors (Lipinski definition) is 2. The number of fused-ring (bicyclic) bond motifs is 1. The summed E-state index contributed by atoms with van der Waals surface area (Å²) in [5, 5.41) is 0. The summed E-state index contributed by atoms with van der Waals surface area (Å²) >= 11 is -2.39. The van der Waals surface area contributed by atoms with Crippen LogP contribution in [-0.2, 0) is 3.83 Å². The van der Waals surface area contributed by atoms with E-state index in [2.05, 4.69) is 0 Å². The van der Waals surface area contributed by atoms with Gasteiger partial charge in [-0.2, -0.15) is 0 Å². The molecule has 6 rings (SSSR count). The fourth-order valence-corrected chi connectivity index (χ4v) is 9.06. The van der Waals surface area contributed by atoms with Crippen LogP contribution in [0, 0.1) is 17.8 Å². The number of carbonyl (C=O) groups excluding carboxylic acids is 1. The van der Waals surface area contributed by atoms with Gasteiger partial charge in [-0.1, -0.05) is 0 Å². The van der Waals surface area contributed by atoms with Crippen molar-refractivity contribution in [1.29, 1.82) is 0 Å². The molecule has 0 N–H and O–H groups in total. The molecule has 1 aliphatic heterocycles. The van der Waals surface area contributed by atoms with E-state index in [0.717, 1.165) is 41.5 Å². The second-order valence-electron chi connectivity index (χ2n) is 7.49. The van der Waals surface area contributed by atoms with E-state index in [4.69, 9.17) is 0 Å². The molecule has 3 nitrogen and oxygen atoms in total. The summed E-state index contributed by atoms with van der Waals surface area (Å²) in [6.07, 6.45) is 7.33. The second-order valence-corrected chi connectivity index (χ2v) is 10.2. The van der Waals surface area contributed by atoms with Crippen LogP contribution in [0.4, 0.5) is 0 Å². The van der Waals surface area contributed by atoms with E-state index in [1.165, 1.54) is 19.3 Å². The minimum atomic E-state index is -2.39. The van der Waals surface area contributed by atoms with Gasteiger partial charge in [0.2, 0.25) is 0 Å². The van der Waals surface area contributed by atoms with E-state index in [1.54, 1.807) is 0 Å². The molecule has 1 heterocycles. The molecule has 1 aromatic carbocycles. The summed E-state index contributed by atoms with van der Waals surface area (Å²) in [6.45, 7) is 0. The molecule has 5 aliphatic rings. The first kappa shape index (κ1) is 12.5. The van der Waals surface area contributed by atoms with Gasteiger partial charge in [0, 0.05) is 0 Å². The third-order valence-electron chi connectivity index (χ3n) is 6.09. The number of benzene rings is 1. The fraction of sp³-hybridized carbons (Fsp3) is 0.588. The molecule has 4 saturated carbocycles. The third kappa shape index (κ3) is 1.58. The minimum absolute atomic E-state index is 0.0487. The van der Waals surface area contributed by atoms with E-state index in [0.29, 0.717) is 5.56 Å². The summed E-state index contributed by atoms with van der Waals surface area (Å²) in [5.74, 6) is 2.36. The van der Waals surface area contributed by atoms with E-state index < -0.39 is 14.1 Å². The Bertz CT molecular complexity index is 598. The van der Waals surface area contributed by atoms with E-state index in [9.17, 15) is 8.63 Å². The first-order valence-electron chi connectivity index (χ1n) is 8.02. The number of rotatable bonds is 1. The predicted octanol–water partition coefficient (Wildman–Crippen LogP) is 2.24. The van der Waals surface area contributed by atoms with Gasteiger partial charge in [0.1, 0.15) is 0 Å². The molecular weight excluding hydrogens is 329 g/mol. The molecule has 110 valence electrons. The van der Waals surface area contributed by atoms with Gasteiger partial charge >= 0.3 is 129 Å². The van der Waals surface area contributed by atoms with E-state index in [-0.39, 0.29) is 11.4 Å². The average Bonchev–Trinajstić information content (AvgIpc) is 2.70. The van der Waals surface area contributed by atoms with Crippen molar-refractivity contribution in [1.82, 2.24) is 3.92 Å². The molecule has 1 aromatic rings. The Balaban J connectivity index is 1.60. The molecule has 4 heteroatoms. The number of amides is 1. The normalized spacial score (nSPS) is 43.4. The summed E-state index contributed by atoms with van der Waals surface area (Å²) in [5.41, 5.74) is 0.630. The number of hydrogen-bond donors (Lipinski definition) is 0. The van der Waals surface area contributed by atoms with Gasteiger partial charge in [0.15, 0.2) is 0 Å². The molecule has 0 radical (unpaired) electrons. The number of carbonyl (C=O) groups is 1. The molecule has 4 fully saturated rings. The molecule has 1 unspecified atom stereocenters. The average molecular weight is 348 g/mol.